The molecule has 1 aromatic carbocycles. The molecule has 0 saturated heterocycles. The van der Waals surface area contributed by atoms with Crippen LogP contribution in [0.4, 0.5) is 11.4 Å². The molecule has 1 heterocycles. The summed E-state index contributed by atoms with van der Waals surface area (Å²) in [5.74, 6) is -1.16. The number of anilines is 2. The normalized spacial score (nSPS) is 11.2. The molecule has 0 spiro atoms. The zero-order valence-corrected chi connectivity index (χ0v) is 12.4. The largest absolute Gasteiger partial charge is 0.399 e. The van der Waals surface area contributed by atoms with Crippen LogP contribution in [0.1, 0.15) is 5.56 Å². The van der Waals surface area contributed by atoms with Crippen LogP contribution >= 0.6 is 11.3 Å². The number of thiophene rings is 1. The van der Waals surface area contributed by atoms with Crippen molar-refractivity contribution in [1.29, 1.82) is 0 Å². The van der Waals surface area contributed by atoms with Gasteiger partial charge in [-0.1, -0.05) is 12.1 Å². The van der Waals surface area contributed by atoms with E-state index in [2.05, 4.69) is 5.32 Å². The Morgan fingerprint density at radius 3 is 2.75 bits per heavy atom. The number of nitrogens with two attached hydrogens (primary N) is 1. The Bertz CT molecular complexity index is 722. The summed E-state index contributed by atoms with van der Waals surface area (Å²) in [6, 6.07) is 8.20. The first-order valence-electron chi connectivity index (χ1n) is 5.81. The fourth-order valence-corrected chi connectivity index (χ4v) is 3.87. The van der Waals surface area contributed by atoms with Crippen LogP contribution in [0.15, 0.2) is 39.9 Å². The van der Waals surface area contributed by atoms with E-state index in [1.165, 1.54) is 6.07 Å². The maximum Gasteiger partial charge on any atom is 0.240 e. The van der Waals surface area contributed by atoms with Crippen LogP contribution in [0.25, 0.3) is 0 Å². The number of hydrogen-bond acceptors (Lipinski definition) is 5. The van der Waals surface area contributed by atoms with Crippen molar-refractivity contribution in [3.63, 3.8) is 0 Å². The molecule has 1 aromatic heterocycles. The predicted molar refractivity (Wildman–Crippen MR) is 80.6 cm³/mol. The number of amides is 1. The molecule has 0 unspecified atom stereocenters. The zero-order valence-electron chi connectivity index (χ0n) is 10.8. The zero-order chi connectivity index (χ0) is 14.8. The summed E-state index contributed by atoms with van der Waals surface area (Å²) in [6.45, 7) is 1.81. The second kappa shape index (κ2) is 5.64. The maximum atomic E-state index is 12.0. The predicted octanol–water partition coefficient (Wildman–Crippen LogP) is 2.05. The highest BCUT2D eigenvalue weighted by atomic mass is 32.2. The van der Waals surface area contributed by atoms with Gasteiger partial charge >= 0.3 is 0 Å². The van der Waals surface area contributed by atoms with E-state index in [9.17, 15) is 13.2 Å². The Hall–Kier alpha value is -1.86. The van der Waals surface area contributed by atoms with Gasteiger partial charge < -0.3 is 11.1 Å². The SMILES string of the molecule is Cc1ccc(N)cc1NC(=O)CS(=O)(=O)c1cccs1. The van der Waals surface area contributed by atoms with Crippen molar-refractivity contribution in [1.82, 2.24) is 0 Å². The third-order valence-corrected chi connectivity index (χ3v) is 5.76. The molecule has 5 nitrogen and oxygen atoms in total. The summed E-state index contributed by atoms with van der Waals surface area (Å²) in [5, 5.41) is 4.24. The van der Waals surface area contributed by atoms with Gasteiger partial charge in [-0.05, 0) is 36.1 Å². The summed E-state index contributed by atoms with van der Waals surface area (Å²) in [7, 11) is -3.58. The van der Waals surface area contributed by atoms with Gasteiger partial charge in [0.2, 0.25) is 5.91 Å². The molecule has 2 aromatic rings. The lowest BCUT2D eigenvalue weighted by Crippen LogP contribution is -2.23. The molecule has 20 heavy (non-hydrogen) atoms. The van der Waals surface area contributed by atoms with Crippen LogP contribution in [0.5, 0.6) is 0 Å². The average Bonchev–Trinajstić information content (AvgIpc) is 2.87. The van der Waals surface area contributed by atoms with E-state index in [1.54, 1.807) is 29.6 Å². The van der Waals surface area contributed by atoms with Crippen molar-refractivity contribution >= 4 is 38.5 Å². The fraction of sp³-hybridized carbons (Fsp3) is 0.154. The van der Waals surface area contributed by atoms with Gasteiger partial charge in [0.15, 0.2) is 9.84 Å². The van der Waals surface area contributed by atoms with Crippen LogP contribution in [0.3, 0.4) is 0 Å². The molecule has 0 bridgehead atoms. The van der Waals surface area contributed by atoms with E-state index < -0.39 is 21.5 Å². The minimum Gasteiger partial charge on any atom is -0.399 e. The molecule has 2 rings (SSSR count). The number of benzene rings is 1. The maximum absolute atomic E-state index is 12.0. The van der Waals surface area contributed by atoms with Gasteiger partial charge in [-0.2, -0.15) is 0 Å². The number of aryl methyl sites for hydroxylation is 1. The Morgan fingerprint density at radius 2 is 2.10 bits per heavy atom. The van der Waals surface area contributed by atoms with Crippen LogP contribution in [-0.2, 0) is 14.6 Å². The van der Waals surface area contributed by atoms with Crippen molar-refractivity contribution < 1.29 is 13.2 Å². The minimum absolute atomic E-state index is 0.192. The quantitative estimate of drug-likeness (QED) is 0.846. The second-order valence-corrected chi connectivity index (χ2v) is 7.48. The molecular weight excluding hydrogens is 296 g/mol. The molecular formula is C13H14N2O3S2. The highest BCUT2D eigenvalue weighted by Crippen LogP contribution is 2.20. The lowest BCUT2D eigenvalue weighted by atomic mass is 10.2. The number of sulfone groups is 1. The lowest BCUT2D eigenvalue weighted by molar-refractivity contribution is -0.113. The Morgan fingerprint density at radius 1 is 1.35 bits per heavy atom. The fourth-order valence-electron chi connectivity index (χ4n) is 1.64. The molecule has 0 radical (unpaired) electrons. The van der Waals surface area contributed by atoms with Crippen LogP contribution < -0.4 is 11.1 Å². The van der Waals surface area contributed by atoms with E-state index in [4.69, 9.17) is 5.73 Å². The van der Waals surface area contributed by atoms with Crippen molar-refractivity contribution in [2.45, 2.75) is 11.1 Å². The molecule has 0 aliphatic rings. The van der Waals surface area contributed by atoms with E-state index in [0.29, 0.717) is 11.4 Å². The van der Waals surface area contributed by atoms with Gasteiger partial charge in [-0.25, -0.2) is 8.42 Å². The summed E-state index contributed by atoms with van der Waals surface area (Å²) < 4.78 is 24.1. The van der Waals surface area contributed by atoms with Gasteiger partial charge in [0.1, 0.15) is 9.96 Å². The summed E-state index contributed by atoms with van der Waals surface area (Å²) in [4.78, 5) is 11.9. The first-order valence-corrected chi connectivity index (χ1v) is 8.34. The first kappa shape index (κ1) is 14.5. The molecule has 1 amide bonds. The second-order valence-electron chi connectivity index (χ2n) is 4.31. The van der Waals surface area contributed by atoms with E-state index in [0.717, 1.165) is 16.9 Å². The van der Waals surface area contributed by atoms with Crippen molar-refractivity contribution in [3.05, 3.63) is 41.3 Å². The molecule has 0 atom stereocenters. The molecule has 106 valence electrons. The lowest BCUT2D eigenvalue weighted by Gasteiger charge is -2.09. The Balaban J connectivity index is 2.12. The van der Waals surface area contributed by atoms with Gasteiger partial charge in [-0.3, -0.25) is 4.79 Å². The van der Waals surface area contributed by atoms with Crippen LogP contribution in [0.2, 0.25) is 0 Å². The van der Waals surface area contributed by atoms with Crippen molar-refractivity contribution in [3.8, 4) is 0 Å². The Labute approximate surface area is 121 Å². The number of hydrogen-bond donors (Lipinski definition) is 2. The van der Waals surface area contributed by atoms with Crippen LogP contribution in [0, 0.1) is 6.92 Å². The summed E-state index contributed by atoms with van der Waals surface area (Å²) >= 11 is 1.10. The smallest absolute Gasteiger partial charge is 0.240 e. The van der Waals surface area contributed by atoms with E-state index >= 15 is 0 Å². The molecule has 3 N–H and O–H groups in total. The number of carbonyl (C=O) groups is 1. The van der Waals surface area contributed by atoms with Crippen molar-refractivity contribution in [2.24, 2.45) is 0 Å². The molecule has 0 aliphatic heterocycles. The third kappa shape index (κ3) is 3.37. The standard InChI is InChI=1S/C13H14N2O3S2/c1-9-4-5-10(14)7-11(9)15-12(16)8-20(17,18)13-3-2-6-19-13/h2-7H,8,14H2,1H3,(H,15,16). The average molecular weight is 310 g/mol. The summed E-state index contributed by atoms with van der Waals surface area (Å²) in [6.07, 6.45) is 0. The first-order chi connectivity index (χ1) is 9.38. The minimum atomic E-state index is -3.58. The molecule has 7 heteroatoms. The van der Waals surface area contributed by atoms with Gasteiger partial charge in [0, 0.05) is 11.4 Å². The molecule has 0 saturated carbocycles. The number of carbonyl (C=O) groups excluding carboxylic acids is 1. The van der Waals surface area contributed by atoms with E-state index in [-0.39, 0.29) is 4.21 Å². The molecule has 0 fully saturated rings. The highest BCUT2D eigenvalue weighted by Gasteiger charge is 2.20. The highest BCUT2D eigenvalue weighted by molar-refractivity contribution is 7.94. The number of nitrogen functional groups attached to an aromatic ring is 1. The van der Waals surface area contributed by atoms with Crippen molar-refractivity contribution in [2.75, 3.05) is 16.8 Å². The van der Waals surface area contributed by atoms with Gasteiger partial charge in [0.05, 0.1) is 0 Å². The summed E-state index contributed by atoms with van der Waals surface area (Å²) in [5.41, 5.74) is 7.49. The van der Waals surface area contributed by atoms with E-state index in [1.807, 2.05) is 6.92 Å². The van der Waals surface area contributed by atoms with Gasteiger partial charge in [-0.15, -0.1) is 11.3 Å². The van der Waals surface area contributed by atoms with Crippen LogP contribution in [-0.4, -0.2) is 20.1 Å². The Kier molecular flexibility index (Phi) is 4.10. The third-order valence-electron chi connectivity index (χ3n) is 2.66. The monoisotopic (exact) mass is 310 g/mol. The number of nitrogens with one attached hydrogen (secondary N) is 1. The molecule has 0 aliphatic carbocycles. The number of rotatable bonds is 4. The topological polar surface area (TPSA) is 89.3 Å². The van der Waals surface area contributed by atoms with Gasteiger partial charge in [0.25, 0.3) is 0 Å².